The van der Waals surface area contributed by atoms with Crippen LogP contribution in [-0.4, -0.2) is 25.9 Å². The molecule has 0 unspecified atom stereocenters. The first kappa shape index (κ1) is 13.9. The molecule has 0 bridgehead atoms. The highest BCUT2D eigenvalue weighted by atomic mass is 32.2. The number of phenolic OH excluding ortho intramolecular Hbond substituents is 1. The Morgan fingerprint density at radius 3 is 2.47 bits per heavy atom. The van der Waals surface area contributed by atoms with E-state index in [1.54, 1.807) is 0 Å². The molecule has 2 rings (SSSR count). The maximum Gasteiger partial charge on any atom is 0.573 e. The third-order valence-corrected chi connectivity index (χ3v) is 3.90. The summed E-state index contributed by atoms with van der Waals surface area (Å²) < 4.78 is 66.2. The Labute approximate surface area is 107 Å². The first-order chi connectivity index (χ1) is 8.67. The fourth-order valence-electron chi connectivity index (χ4n) is 1.41. The minimum Gasteiger partial charge on any atom is -0.508 e. The lowest BCUT2D eigenvalue weighted by atomic mass is 10.3. The minimum absolute atomic E-state index is 0.252. The molecule has 0 radical (unpaired) electrons. The molecule has 1 aromatic carbocycles. The van der Waals surface area contributed by atoms with Gasteiger partial charge in [-0.15, -0.1) is 13.2 Å². The van der Waals surface area contributed by atoms with Crippen molar-refractivity contribution in [2.24, 2.45) is 0 Å². The lowest BCUT2D eigenvalue weighted by molar-refractivity contribution is -0.275. The highest BCUT2D eigenvalue weighted by molar-refractivity contribution is 7.89. The Morgan fingerprint density at radius 1 is 1.32 bits per heavy atom. The second kappa shape index (κ2) is 4.57. The van der Waals surface area contributed by atoms with Crippen molar-refractivity contribution in [3.63, 3.8) is 0 Å². The summed E-state index contributed by atoms with van der Waals surface area (Å²) in [7, 11) is -4.10. The van der Waals surface area contributed by atoms with Crippen molar-refractivity contribution in [2.75, 3.05) is 0 Å². The van der Waals surface area contributed by atoms with Crippen molar-refractivity contribution in [3.05, 3.63) is 18.2 Å². The number of aromatic hydroxyl groups is 1. The van der Waals surface area contributed by atoms with Crippen LogP contribution in [0.2, 0.25) is 0 Å². The van der Waals surface area contributed by atoms with Gasteiger partial charge in [-0.05, 0) is 25.0 Å². The molecule has 0 aliphatic heterocycles. The Morgan fingerprint density at radius 2 is 1.95 bits per heavy atom. The van der Waals surface area contributed by atoms with Crippen molar-refractivity contribution in [1.82, 2.24) is 4.72 Å². The van der Waals surface area contributed by atoms with Crippen LogP contribution in [-0.2, 0) is 10.0 Å². The van der Waals surface area contributed by atoms with Gasteiger partial charge >= 0.3 is 6.36 Å². The molecular formula is C10H10F3NO4S. The van der Waals surface area contributed by atoms with Gasteiger partial charge in [-0.1, -0.05) is 0 Å². The molecule has 5 nitrogen and oxygen atoms in total. The predicted octanol–water partition coefficient (Wildman–Crippen LogP) is 1.73. The van der Waals surface area contributed by atoms with Crippen molar-refractivity contribution in [3.8, 4) is 11.5 Å². The number of nitrogens with one attached hydrogen (secondary N) is 1. The van der Waals surface area contributed by atoms with E-state index in [1.165, 1.54) is 0 Å². The summed E-state index contributed by atoms with van der Waals surface area (Å²) >= 11 is 0. The summed E-state index contributed by atoms with van der Waals surface area (Å²) in [5.41, 5.74) is 0. The van der Waals surface area contributed by atoms with Gasteiger partial charge in [-0.25, -0.2) is 13.1 Å². The Bertz CT molecular complexity index is 581. The molecule has 0 spiro atoms. The van der Waals surface area contributed by atoms with E-state index in [2.05, 4.69) is 9.46 Å². The molecule has 0 atom stereocenters. The van der Waals surface area contributed by atoms with Gasteiger partial charge in [0.1, 0.15) is 10.6 Å². The second-order valence-corrected chi connectivity index (χ2v) is 5.76. The van der Waals surface area contributed by atoms with Crippen LogP contribution >= 0.6 is 0 Å². The van der Waals surface area contributed by atoms with Crippen LogP contribution in [0.4, 0.5) is 13.2 Å². The average molecular weight is 297 g/mol. The molecule has 9 heteroatoms. The molecule has 1 aromatic rings. The van der Waals surface area contributed by atoms with Crippen LogP contribution < -0.4 is 9.46 Å². The lowest BCUT2D eigenvalue weighted by Gasteiger charge is -2.14. The summed E-state index contributed by atoms with van der Waals surface area (Å²) in [5, 5.41) is 9.13. The van der Waals surface area contributed by atoms with Crippen LogP contribution in [0, 0.1) is 0 Å². The summed E-state index contributed by atoms with van der Waals surface area (Å²) in [5.74, 6) is -1.48. The lowest BCUT2D eigenvalue weighted by Crippen LogP contribution is -2.27. The molecule has 1 saturated carbocycles. The monoisotopic (exact) mass is 297 g/mol. The molecule has 1 aliphatic carbocycles. The minimum atomic E-state index is -5.04. The maximum absolute atomic E-state index is 12.2. The van der Waals surface area contributed by atoms with Crippen molar-refractivity contribution >= 4 is 10.0 Å². The molecule has 0 heterocycles. The van der Waals surface area contributed by atoms with Gasteiger partial charge in [0.25, 0.3) is 0 Å². The Balaban J connectivity index is 2.38. The van der Waals surface area contributed by atoms with Crippen LogP contribution in [0.25, 0.3) is 0 Å². The Hall–Kier alpha value is -1.48. The zero-order chi connectivity index (χ0) is 14.3. The number of ether oxygens (including phenoxy) is 1. The van der Waals surface area contributed by atoms with E-state index in [0.717, 1.165) is 12.1 Å². The smallest absolute Gasteiger partial charge is 0.508 e. The van der Waals surface area contributed by atoms with Gasteiger partial charge in [-0.3, -0.25) is 0 Å². The first-order valence-corrected chi connectivity index (χ1v) is 6.77. The molecule has 1 fully saturated rings. The van der Waals surface area contributed by atoms with Crippen molar-refractivity contribution in [2.45, 2.75) is 30.1 Å². The first-order valence-electron chi connectivity index (χ1n) is 5.28. The number of benzene rings is 1. The molecule has 106 valence electrons. The molecule has 19 heavy (non-hydrogen) atoms. The quantitative estimate of drug-likeness (QED) is 0.887. The van der Waals surface area contributed by atoms with Gasteiger partial charge < -0.3 is 9.84 Å². The van der Waals surface area contributed by atoms with Crippen LogP contribution in [0.3, 0.4) is 0 Å². The summed E-state index contributed by atoms with van der Waals surface area (Å²) in [6.07, 6.45) is -3.75. The van der Waals surface area contributed by atoms with E-state index >= 15 is 0 Å². The standard InChI is InChI=1S/C10H10F3NO4S/c11-10(12,13)18-8-5-7(15)3-4-9(8)19(16,17)14-6-1-2-6/h3-6,14-15H,1-2H2. The normalized spacial score (nSPS) is 16.4. The van der Waals surface area contributed by atoms with E-state index in [9.17, 15) is 21.6 Å². The van der Waals surface area contributed by atoms with Gasteiger partial charge in [0.05, 0.1) is 0 Å². The van der Waals surface area contributed by atoms with Gasteiger partial charge in [0.15, 0.2) is 5.75 Å². The fourth-order valence-corrected chi connectivity index (χ4v) is 2.82. The Kier molecular flexibility index (Phi) is 3.35. The van der Waals surface area contributed by atoms with Crippen molar-refractivity contribution in [1.29, 1.82) is 0 Å². The van der Waals surface area contributed by atoms with Gasteiger partial charge in [-0.2, -0.15) is 0 Å². The summed E-state index contributed by atoms with van der Waals surface area (Å²) in [4.78, 5) is -0.658. The number of alkyl halides is 3. The third kappa shape index (κ3) is 3.74. The van der Waals surface area contributed by atoms with Crippen molar-refractivity contribution < 1.29 is 31.4 Å². The van der Waals surface area contributed by atoms with E-state index in [4.69, 9.17) is 5.11 Å². The predicted molar refractivity (Wildman–Crippen MR) is 58.1 cm³/mol. The van der Waals surface area contributed by atoms with Crippen LogP contribution in [0.1, 0.15) is 12.8 Å². The van der Waals surface area contributed by atoms with Gasteiger partial charge in [0.2, 0.25) is 10.0 Å². The largest absolute Gasteiger partial charge is 0.573 e. The van der Waals surface area contributed by atoms with Crippen LogP contribution in [0.5, 0.6) is 11.5 Å². The number of halogens is 3. The second-order valence-electron chi connectivity index (χ2n) is 4.07. The molecule has 0 amide bonds. The van der Waals surface area contributed by atoms with E-state index in [1.807, 2.05) is 0 Å². The zero-order valence-corrected chi connectivity index (χ0v) is 10.3. The molecule has 2 N–H and O–H groups in total. The SMILES string of the molecule is O=S(=O)(NC1CC1)c1ccc(O)cc1OC(F)(F)F. The number of hydrogen-bond acceptors (Lipinski definition) is 4. The highest BCUT2D eigenvalue weighted by Gasteiger charge is 2.35. The average Bonchev–Trinajstić information content (AvgIpc) is 2.97. The maximum atomic E-state index is 12.2. The van der Waals surface area contributed by atoms with E-state index in [0.29, 0.717) is 18.9 Å². The fraction of sp³-hybridized carbons (Fsp3) is 0.400. The number of phenols is 1. The molecule has 0 aromatic heterocycles. The molecular weight excluding hydrogens is 287 g/mol. The number of sulfonamides is 1. The molecule has 0 saturated heterocycles. The van der Waals surface area contributed by atoms with Crippen LogP contribution in [0.15, 0.2) is 23.1 Å². The zero-order valence-electron chi connectivity index (χ0n) is 9.44. The number of rotatable bonds is 4. The summed E-state index contributed by atoms with van der Waals surface area (Å²) in [6, 6.07) is 2.19. The molecule has 1 aliphatic rings. The van der Waals surface area contributed by atoms with Gasteiger partial charge in [0, 0.05) is 12.1 Å². The summed E-state index contributed by atoms with van der Waals surface area (Å²) in [6.45, 7) is 0. The topological polar surface area (TPSA) is 75.6 Å². The van der Waals surface area contributed by atoms with E-state index < -0.39 is 32.8 Å². The number of hydrogen-bond donors (Lipinski definition) is 2. The highest BCUT2D eigenvalue weighted by Crippen LogP contribution is 2.33. The van der Waals surface area contributed by atoms with E-state index in [-0.39, 0.29) is 6.04 Å². The third-order valence-electron chi connectivity index (χ3n) is 2.34.